The highest BCUT2D eigenvalue weighted by molar-refractivity contribution is 5.87. The smallest absolute Gasteiger partial charge is 0.318 e. The van der Waals surface area contributed by atoms with E-state index in [9.17, 15) is 14.3 Å². The Morgan fingerprint density at radius 1 is 1.26 bits per heavy atom. The highest BCUT2D eigenvalue weighted by Crippen LogP contribution is 2.36. The summed E-state index contributed by atoms with van der Waals surface area (Å²) in [4.78, 5) is 30.2. The summed E-state index contributed by atoms with van der Waals surface area (Å²) in [5.74, 6) is 0.204. The Labute approximate surface area is 223 Å². The number of hydrogen-bond acceptors (Lipinski definition) is 8. The Morgan fingerprint density at radius 2 is 2.11 bits per heavy atom. The van der Waals surface area contributed by atoms with Crippen LogP contribution >= 0.6 is 0 Å². The van der Waals surface area contributed by atoms with Crippen LogP contribution in [0.25, 0.3) is 0 Å². The normalized spacial score (nSPS) is 21.9. The van der Waals surface area contributed by atoms with E-state index < -0.39 is 5.82 Å². The van der Waals surface area contributed by atoms with E-state index in [-0.39, 0.29) is 23.4 Å². The van der Waals surface area contributed by atoms with Gasteiger partial charge in [-0.3, -0.25) is 9.69 Å². The molecule has 2 saturated heterocycles. The SMILES string of the molecule is C=CC(=O)N1CCN(c2nc(OC[C@@H]3CCCN3CC)nc3c2CCN(c2c(O)cccc2F)C3)[C@@H](C)C1. The first-order chi connectivity index (χ1) is 18.4. The van der Waals surface area contributed by atoms with Crippen LogP contribution in [-0.2, 0) is 17.8 Å². The van der Waals surface area contributed by atoms with E-state index in [1.807, 2.05) is 4.90 Å². The van der Waals surface area contributed by atoms with Gasteiger partial charge >= 0.3 is 6.01 Å². The predicted octanol–water partition coefficient (Wildman–Crippen LogP) is 2.97. The van der Waals surface area contributed by atoms with Crippen LogP contribution in [0, 0.1) is 5.82 Å². The number of likely N-dealkylation sites (tertiary alicyclic amines) is 1. The molecular weight excluding hydrogens is 487 g/mol. The molecule has 9 nitrogen and oxygen atoms in total. The van der Waals surface area contributed by atoms with Gasteiger partial charge in [0.1, 0.15) is 29.7 Å². The van der Waals surface area contributed by atoms with Crippen molar-refractivity contribution in [1.82, 2.24) is 19.8 Å². The van der Waals surface area contributed by atoms with Gasteiger partial charge in [-0.1, -0.05) is 19.6 Å². The van der Waals surface area contributed by atoms with Crippen LogP contribution in [-0.4, -0.2) is 88.7 Å². The minimum absolute atomic E-state index is 0.0403. The van der Waals surface area contributed by atoms with E-state index in [1.54, 1.807) is 4.90 Å². The number of ether oxygens (including phenoxy) is 1. The number of hydrogen-bond donors (Lipinski definition) is 1. The first kappa shape index (κ1) is 26.2. The fourth-order valence-electron chi connectivity index (χ4n) is 5.97. The van der Waals surface area contributed by atoms with Crippen molar-refractivity contribution < 1.29 is 19.0 Å². The largest absolute Gasteiger partial charge is 0.506 e. The molecule has 0 aliphatic carbocycles. The van der Waals surface area contributed by atoms with Crippen molar-refractivity contribution in [2.24, 2.45) is 0 Å². The van der Waals surface area contributed by atoms with Crippen molar-refractivity contribution >= 4 is 17.4 Å². The second-order valence-electron chi connectivity index (χ2n) is 10.3. The standard InChI is InChI=1S/C28H37FN6O3/c1-4-25(37)33-14-15-35(19(3)16-33)27-21-11-13-34(26-22(29)9-6-10-24(26)36)17-23(21)30-28(31-27)38-18-20-8-7-12-32(20)5-2/h4,6,9-10,19-20,36H,1,5,7-8,11-18H2,2-3H3/t19-,20-/m0/s1. The number of fused-ring (bicyclic) bond motifs is 1. The molecule has 10 heteroatoms. The summed E-state index contributed by atoms with van der Waals surface area (Å²) in [5, 5.41) is 10.4. The Kier molecular flexibility index (Phi) is 7.69. The van der Waals surface area contributed by atoms with Crippen LogP contribution in [0.15, 0.2) is 30.9 Å². The van der Waals surface area contributed by atoms with Crippen molar-refractivity contribution in [3.8, 4) is 11.8 Å². The lowest BCUT2D eigenvalue weighted by Gasteiger charge is -2.42. The minimum Gasteiger partial charge on any atom is -0.506 e. The Bertz CT molecular complexity index is 1170. The number of para-hydroxylation sites is 1. The van der Waals surface area contributed by atoms with E-state index in [2.05, 4.69) is 30.2 Å². The van der Waals surface area contributed by atoms with Crippen molar-refractivity contribution in [2.45, 2.75) is 51.7 Å². The predicted molar refractivity (Wildman–Crippen MR) is 144 cm³/mol. The molecule has 3 aliphatic heterocycles. The lowest BCUT2D eigenvalue weighted by atomic mass is 10.0. The summed E-state index contributed by atoms with van der Waals surface area (Å²) in [6.07, 6.45) is 4.20. The summed E-state index contributed by atoms with van der Waals surface area (Å²) in [6, 6.07) is 5.05. The number of piperazine rings is 1. The van der Waals surface area contributed by atoms with Gasteiger partial charge in [0.05, 0.1) is 12.2 Å². The van der Waals surface area contributed by atoms with Crippen LogP contribution in [0.2, 0.25) is 0 Å². The molecule has 2 atom stereocenters. The van der Waals surface area contributed by atoms with Crippen LogP contribution in [0.1, 0.15) is 37.9 Å². The molecule has 1 N–H and O–H groups in total. The van der Waals surface area contributed by atoms with Gasteiger partial charge in [0.25, 0.3) is 0 Å². The fourth-order valence-corrected chi connectivity index (χ4v) is 5.97. The molecule has 0 spiro atoms. The lowest BCUT2D eigenvalue weighted by Crippen LogP contribution is -2.54. The number of anilines is 2. The summed E-state index contributed by atoms with van der Waals surface area (Å²) < 4.78 is 20.9. The third kappa shape index (κ3) is 5.14. The van der Waals surface area contributed by atoms with E-state index in [0.717, 1.165) is 43.0 Å². The number of rotatable bonds is 7. The van der Waals surface area contributed by atoms with E-state index in [4.69, 9.17) is 14.7 Å². The summed E-state index contributed by atoms with van der Waals surface area (Å²) in [5.41, 5.74) is 1.97. The third-order valence-corrected chi connectivity index (χ3v) is 8.00. The number of phenolic OH excluding ortho intramolecular Hbond substituents is 1. The quantitative estimate of drug-likeness (QED) is 0.554. The maximum Gasteiger partial charge on any atom is 0.318 e. The van der Waals surface area contributed by atoms with Gasteiger partial charge in [0.2, 0.25) is 5.91 Å². The van der Waals surface area contributed by atoms with Gasteiger partial charge in [-0.05, 0) is 57.5 Å². The zero-order valence-corrected chi connectivity index (χ0v) is 22.3. The maximum atomic E-state index is 14.7. The van der Waals surface area contributed by atoms with Crippen molar-refractivity contribution in [3.05, 3.63) is 47.9 Å². The monoisotopic (exact) mass is 524 g/mol. The number of amides is 1. The summed E-state index contributed by atoms with van der Waals surface area (Å²) in [7, 11) is 0. The second-order valence-corrected chi connectivity index (χ2v) is 10.3. The summed E-state index contributed by atoms with van der Waals surface area (Å²) in [6.45, 7) is 13.1. The molecule has 0 bridgehead atoms. The first-order valence-corrected chi connectivity index (χ1v) is 13.6. The summed E-state index contributed by atoms with van der Waals surface area (Å²) >= 11 is 0. The molecule has 3 aliphatic rings. The van der Waals surface area contributed by atoms with Gasteiger partial charge in [0.15, 0.2) is 0 Å². The molecule has 0 saturated carbocycles. The molecule has 2 aromatic rings. The van der Waals surface area contributed by atoms with Crippen LogP contribution < -0.4 is 14.5 Å². The first-order valence-electron chi connectivity index (χ1n) is 13.6. The van der Waals surface area contributed by atoms with Crippen LogP contribution in [0.3, 0.4) is 0 Å². The number of carbonyl (C=O) groups is 1. The molecule has 2 fully saturated rings. The number of benzene rings is 1. The van der Waals surface area contributed by atoms with Crippen molar-refractivity contribution in [3.63, 3.8) is 0 Å². The molecule has 38 heavy (non-hydrogen) atoms. The number of aromatic hydroxyl groups is 1. The Hall–Kier alpha value is -3.40. The number of carbonyl (C=O) groups excluding carboxylic acids is 1. The number of likely N-dealkylation sites (N-methyl/N-ethyl adjacent to an activating group) is 1. The van der Waals surface area contributed by atoms with E-state index in [1.165, 1.54) is 24.3 Å². The van der Waals surface area contributed by atoms with Gasteiger partial charge < -0.3 is 24.5 Å². The van der Waals surface area contributed by atoms with Crippen LogP contribution in [0.5, 0.6) is 11.8 Å². The fraction of sp³-hybridized carbons (Fsp3) is 0.536. The third-order valence-electron chi connectivity index (χ3n) is 8.00. The van der Waals surface area contributed by atoms with Gasteiger partial charge in [-0.2, -0.15) is 9.97 Å². The Balaban J connectivity index is 1.45. The number of halogens is 1. The van der Waals surface area contributed by atoms with Crippen molar-refractivity contribution in [2.75, 3.05) is 55.7 Å². The highest BCUT2D eigenvalue weighted by Gasteiger charge is 2.33. The molecule has 204 valence electrons. The number of nitrogens with zero attached hydrogens (tertiary/aromatic N) is 6. The second kappa shape index (κ2) is 11.1. The average Bonchev–Trinajstić information content (AvgIpc) is 3.38. The molecule has 0 unspecified atom stereocenters. The van der Waals surface area contributed by atoms with E-state index in [0.29, 0.717) is 57.8 Å². The van der Waals surface area contributed by atoms with Crippen molar-refractivity contribution in [1.29, 1.82) is 0 Å². The number of phenols is 1. The van der Waals surface area contributed by atoms with Crippen LogP contribution in [0.4, 0.5) is 15.9 Å². The van der Waals surface area contributed by atoms with E-state index >= 15 is 0 Å². The zero-order valence-electron chi connectivity index (χ0n) is 22.3. The molecule has 5 rings (SSSR count). The maximum absolute atomic E-state index is 14.7. The van der Waals surface area contributed by atoms with Gasteiger partial charge in [-0.15, -0.1) is 0 Å². The number of aromatic nitrogens is 2. The molecule has 0 radical (unpaired) electrons. The Morgan fingerprint density at radius 3 is 2.84 bits per heavy atom. The molecular formula is C28H37FN6O3. The molecule has 1 aromatic carbocycles. The van der Waals surface area contributed by atoms with Gasteiger partial charge in [-0.25, -0.2) is 4.39 Å². The lowest BCUT2D eigenvalue weighted by molar-refractivity contribution is -0.126. The topological polar surface area (TPSA) is 85.3 Å². The molecule has 1 amide bonds. The molecule has 1 aromatic heterocycles. The zero-order chi connectivity index (χ0) is 26.8. The molecule has 4 heterocycles. The highest BCUT2D eigenvalue weighted by atomic mass is 19.1. The average molecular weight is 525 g/mol. The minimum atomic E-state index is -0.461. The van der Waals surface area contributed by atoms with Gasteiger partial charge in [0, 0.05) is 43.8 Å².